The van der Waals surface area contributed by atoms with Gasteiger partial charge >= 0.3 is 0 Å². The van der Waals surface area contributed by atoms with Crippen molar-refractivity contribution in [3.63, 3.8) is 0 Å². The second kappa shape index (κ2) is 5.54. The number of nitrogens with zero attached hydrogens (tertiary/aromatic N) is 2. The van der Waals surface area contributed by atoms with Crippen LogP contribution in [0.1, 0.15) is 15.2 Å². The number of rotatable bonds is 4. The summed E-state index contributed by atoms with van der Waals surface area (Å²) in [5, 5.41) is 0.885. The normalized spacial score (nSPS) is 10.9. The molecule has 5 nitrogen and oxygen atoms in total. The number of aryl methyl sites for hydroxylation is 1. The van der Waals surface area contributed by atoms with Crippen LogP contribution in [0, 0.1) is 6.92 Å². The topological polar surface area (TPSA) is 68.5 Å². The minimum atomic E-state index is -0.0862. The third-order valence-electron chi connectivity index (χ3n) is 3.01. The molecular formula is C13H17N3O2S. The van der Waals surface area contributed by atoms with Crippen molar-refractivity contribution in [1.29, 1.82) is 0 Å². The molecule has 0 saturated heterocycles. The number of hydrogen-bond donors (Lipinski definition) is 1. The Morgan fingerprint density at radius 1 is 1.58 bits per heavy atom. The Morgan fingerprint density at radius 2 is 2.32 bits per heavy atom. The van der Waals surface area contributed by atoms with E-state index in [2.05, 4.69) is 4.98 Å². The van der Waals surface area contributed by atoms with E-state index in [-0.39, 0.29) is 5.91 Å². The summed E-state index contributed by atoms with van der Waals surface area (Å²) >= 11 is 1.34. The number of nitrogens with two attached hydrogens (primary N) is 1. The number of nitrogen functional groups attached to an aromatic ring is 1. The highest BCUT2D eigenvalue weighted by Gasteiger charge is 2.20. The number of likely N-dealkylation sites (N-methyl/N-ethyl adjacent to an activating group) is 1. The van der Waals surface area contributed by atoms with Gasteiger partial charge in [-0.2, -0.15) is 0 Å². The predicted molar refractivity (Wildman–Crippen MR) is 77.6 cm³/mol. The molecule has 0 fully saturated rings. The van der Waals surface area contributed by atoms with Gasteiger partial charge in [0.05, 0.1) is 12.3 Å². The summed E-state index contributed by atoms with van der Waals surface area (Å²) in [6.45, 7) is 3.01. The molecule has 2 rings (SSSR count). The van der Waals surface area contributed by atoms with Crippen LogP contribution in [0.15, 0.2) is 12.3 Å². The number of anilines is 1. The molecule has 102 valence electrons. The lowest BCUT2D eigenvalue weighted by atomic mass is 10.1. The number of pyridine rings is 1. The van der Waals surface area contributed by atoms with E-state index in [9.17, 15) is 4.79 Å². The van der Waals surface area contributed by atoms with E-state index >= 15 is 0 Å². The van der Waals surface area contributed by atoms with E-state index in [1.165, 1.54) is 11.3 Å². The van der Waals surface area contributed by atoms with Crippen LogP contribution in [0.2, 0.25) is 0 Å². The van der Waals surface area contributed by atoms with Crippen molar-refractivity contribution in [1.82, 2.24) is 9.88 Å². The fourth-order valence-electron chi connectivity index (χ4n) is 1.87. The van der Waals surface area contributed by atoms with Crippen LogP contribution in [0.25, 0.3) is 10.2 Å². The first-order chi connectivity index (χ1) is 9.06. The Bertz CT molecular complexity index is 609. The van der Waals surface area contributed by atoms with Crippen molar-refractivity contribution < 1.29 is 9.53 Å². The second-order valence-corrected chi connectivity index (χ2v) is 5.37. The van der Waals surface area contributed by atoms with Crippen molar-refractivity contribution in [2.24, 2.45) is 0 Å². The number of hydrogen-bond acceptors (Lipinski definition) is 5. The van der Waals surface area contributed by atoms with Crippen LogP contribution in [-0.4, -0.2) is 43.1 Å². The molecule has 0 aliphatic rings. The zero-order valence-corrected chi connectivity index (χ0v) is 12.1. The summed E-state index contributed by atoms with van der Waals surface area (Å²) in [5.41, 5.74) is 7.67. The van der Waals surface area contributed by atoms with Gasteiger partial charge in [-0.25, -0.2) is 4.98 Å². The number of aromatic nitrogens is 1. The Kier molecular flexibility index (Phi) is 4.01. The van der Waals surface area contributed by atoms with Gasteiger partial charge in [0.25, 0.3) is 5.91 Å². The summed E-state index contributed by atoms with van der Waals surface area (Å²) in [6.07, 6.45) is 1.73. The number of methoxy groups -OCH3 is 1. The predicted octanol–water partition coefficient (Wildman–Crippen LogP) is 1.91. The van der Waals surface area contributed by atoms with Crippen LogP contribution < -0.4 is 5.73 Å². The highest BCUT2D eigenvalue weighted by molar-refractivity contribution is 7.21. The van der Waals surface area contributed by atoms with Gasteiger partial charge in [0.15, 0.2) is 0 Å². The van der Waals surface area contributed by atoms with Gasteiger partial charge < -0.3 is 15.4 Å². The molecule has 0 bridgehead atoms. The lowest BCUT2D eigenvalue weighted by molar-refractivity contribution is 0.0750. The number of fused-ring (bicyclic) bond motifs is 1. The maximum absolute atomic E-state index is 12.3. The first-order valence-electron chi connectivity index (χ1n) is 5.94. The van der Waals surface area contributed by atoms with E-state index in [1.807, 2.05) is 13.0 Å². The van der Waals surface area contributed by atoms with E-state index in [0.29, 0.717) is 23.7 Å². The van der Waals surface area contributed by atoms with Crippen molar-refractivity contribution in [3.05, 3.63) is 22.7 Å². The Labute approximate surface area is 116 Å². The van der Waals surface area contributed by atoms with Crippen molar-refractivity contribution >= 4 is 33.1 Å². The second-order valence-electron chi connectivity index (χ2n) is 4.37. The highest BCUT2D eigenvalue weighted by Crippen LogP contribution is 2.34. The summed E-state index contributed by atoms with van der Waals surface area (Å²) < 4.78 is 4.97. The number of amides is 1. The lowest BCUT2D eigenvalue weighted by Crippen LogP contribution is -2.29. The standard InChI is InChI=1S/C13H17N3O2S/c1-8-4-5-15-12-9(8)10(14)11(19-12)13(17)16(2)6-7-18-3/h4-5H,6-7,14H2,1-3H3. The molecule has 6 heteroatoms. The van der Waals surface area contributed by atoms with Crippen molar-refractivity contribution in [2.75, 3.05) is 33.0 Å². The monoisotopic (exact) mass is 279 g/mol. The maximum atomic E-state index is 12.3. The van der Waals surface area contributed by atoms with Gasteiger partial charge in [-0.1, -0.05) is 0 Å². The molecule has 19 heavy (non-hydrogen) atoms. The average molecular weight is 279 g/mol. The largest absolute Gasteiger partial charge is 0.397 e. The molecule has 1 amide bonds. The summed E-state index contributed by atoms with van der Waals surface area (Å²) in [6, 6.07) is 1.90. The smallest absolute Gasteiger partial charge is 0.265 e. The summed E-state index contributed by atoms with van der Waals surface area (Å²) in [4.78, 5) is 19.6. The molecule has 2 heterocycles. The van der Waals surface area contributed by atoms with Gasteiger partial charge in [0, 0.05) is 32.3 Å². The Balaban J connectivity index is 2.38. The van der Waals surface area contributed by atoms with Crippen LogP contribution in [0.4, 0.5) is 5.69 Å². The van der Waals surface area contributed by atoms with Gasteiger partial charge in [-0.3, -0.25) is 4.79 Å². The molecule has 0 spiro atoms. The van der Waals surface area contributed by atoms with Crippen LogP contribution >= 0.6 is 11.3 Å². The molecule has 0 radical (unpaired) electrons. The third kappa shape index (κ3) is 2.54. The van der Waals surface area contributed by atoms with Crippen molar-refractivity contribution in [2.45, 2.75) is 6.92 Å². The number of thiophene rings is 1. The lowest BCUT2D eigenvalue weighted by Gasteiger charge is -2.15. The van der Waals surface area contributed by atoms with Gasteiger partial charge in [0.2, 0.25) is 0 Å². The van der Waals surface area contributed by atoms with Crippen LogP contribution in [0.3, 0.4) is 0 Å². The minimum Gasteiger partial charge on any atom is -0.397 e. The number of carbonyl (C=O) groups excluding carboxylic acids is 1. The third-order valence-corrected chi connectivity index (χ3v) is 4.11. The number of ether oxygens (including phenoxy) is 1. The molecule has 2 aromatic heterocycles. The van der Waals surface area contributed by atoms with Crippen molar-refractivity contribution in [3.8, 4) is 0 Å². The molecule has 0 aliphatic heterocycles. The number of carbonyl (C=O) groups is 1. The molecule has 0 unspecified atom stereocenters. The van der Waals surface area contributed by atoms with Crippen LogP contribution in [-0.2, 0) is 4.74 Å². The minimum absolute atomic E-state index is 0.0862. The maximum Gasteiger partial charge on any atom is 0.265 e. The molecule has 0 atom stereocenters. The quantitative estimate of drug-likeness (QED) is 0.928. The molecule has 0 saturated carbocycles. The highest BCUT2D eigenvalue weighted by atomic mass is 32.1. The first kappa shape index (κ1) is 13.8. The molecular weight excluding hydrogens is 262 g/mol. The van der Waals surface area contributed by atoms with Crippen LogP contribution in [0.5, 0.6) is 0 Å². The van der Waals surface area contributed by atoms with Gasteiger partial charge in [-0.05, 0) is 18.6 Å². The van der Waals surface area contributed by atoms with E-state index in [1.54, 1.807) is 25.3 Å². The van der Waals surface area contributed by atoms with E-state index in [4.69, 9.17) is 10.5 Å². The molecule has 2 N–H and O–H groups in total. The molecule has 0 aromatic carbocycles. The summed E-state index contributed by atoms with van der Waals surface area (Å²) in [5.74, 6) is -0.0862. The summed E-state index contributed by atoms with van der Waals surface area (Å²) in [7, 11) is 3.35. The van der Waals surface area contributed by atoms with E-state index in [0.717, 1.165) is 15.8 Å². The molecule has 0 aliphatic carbocycles. The Hall–Kier alpha value is -1.66. The SMILES string of the molecule is COCCN(C)C(=O)c1sc2nccc(C)c2c1N. The fraction of sp³-hybridized carbons (Fsp3) is 0.385. The fourth-order valence-corrected chi connectivity index (χ4v) is 3.00. The zero-order valence-electron chi connectivity index (χ0n) is 11.3. The zero-order chi connectivity index (χ0) is 14.0. The average Bonchev–Trinajstić information content (AvgIpc) is 2.73. The Morgan fingerprint density at radius 3 is 2.95 bits per heavy atom. The van der Waals surface area contributed by atoms with Gasteiger partial charge in [0.1, 0.15) is 9.71 Å². The first-order valence-corrected chi connectivity index (χ1v) is 6.76. The van der Waals surface area contributed by atoms with E-state index < -0.39 is 0 Å². The molecule has 2 aromatic rings. The van der Waals surface area contributed by atoms with Gasteiger partial charge in [-0.15, -0.1) is 11.3 Å².